The van der Waals surface area contributed by atoms with Gasteiger partial charge in [-0.25, -0.2) is 4.79 Å². The molecule has 0 saturated carbocycles. The number of ether oxygens (including phenoxy) is 3. The van der Waals surface area contributed by atoms with Gasteiger partial charge in [0.1, 0.15) is 12.2 Å². The second-order valence-electron chi connectivity index (χ2n) is 8.04. The van der Waals surface area contributed by atoms with Crippen LogP contribution >= 0.6 is 0 Å². The van der Waals surface area contributed by atoms with Crippen molar-refractivity contribution in [3.05, 3.63) is 77.1 Å². The van der Waals surface area contributed by atoms with E-state index in [9.17, 15) is 9.59 Å². The maximum absolute atomic E-state index is 12.7. The lowest BCUT2D eigenvalue weighted by atomic mass is 10.2. The first-order chi connectivity index (χ1) is 15.9. The highest BCUT2D eigenvalue weighted by molar-refractivity contribution is 5.93. The van der Waals surface area contributed by atoms with Crippen LogP contribution in [0.25, 0.3) is 0 Å². The predicted molar refractivity (Wildman–Crippen MR) is 122 cm³/mol. The van der Waals surface area contributed by atoms with Crippen LogP contribution in [0.4, 0.5) is 0 Å². The van der Waals surface area contributed by atoms with Crippen LogP contribution in [0, 0.1) is 13.8 Å². The monoisotopic (exact) mass is 449 g/mol. The Bertz CT molecular complexity index is 1140. The molecule has 172 valence electrons. The Hall–Kier alpha value is -3.81. The van der Waals surface area contributed by atoms with Gasteiger partial charge in [0.2, 0.25) is 0 Å². The van der Waals surface area contributed by atoms with Crippen molar-refractivity contribution in [3.63, 3.8) is 0 Å². The van der Waals surface area contributed by atoms with Crippen LogP contribution in [0.15, 0.2) is 54.6 Å². The number of hydrogen-bond donors (Lipinski definition) is 0. The Labute approximate surface area is 192 Å². The number of nitrogens with zero attached hydrogens (tertiary/aromatic N) is 3. The molecule has 0 N–H and O–H groups in total. The van der Waals surface area contributed by atoms with Gasteiger partial charge in [0.15, 0.2) is 24.2 Å². The summed E-state index contributed by atoms with van der Waals surface area (Å²) in [6, 6.07) is 17.3. The molecule has 1 atom stereocenters. The highest BCUT2D eigenvalue weighted by Gasteiger charge is 2.25. The summed E-state index contributed by atoms with van der Waals surface area (Å²) in [4.78, 5) is 26.7. The number of amides is 1. The Morgan fingerprint density at radius 3 is 2.55 bits per heavy atom. The fraction of sp³-hybridized carbons (Fsp3) is 0.320. The van der Waals surface area contributed by atoms with Gasteiger partial charge in [-0.2, -0.15) is 5.10 Å². The summed E-state index contributed by atoms with van der Waals surface area (Å²) in [7, 11) is 1.65. The smallest absolute Gasteiger partial charge is 0.342 e. The van der Waals surface area contributed by atoms with Crippen LogP contribution in [0.5, 0.6) is 11.5 Å². The molecule has 8 heteroatoms. The molecule has 0 aliphatic carbocycles. The van der Waals surface area contributed by atoms with Gasteiger partial charge in [0, 0.05) is 7.05 Å². The van der Waals surface area contributed by atoms with Gasteiger partial charge in [0.25, 0.3) is 5.91 Å². The van der Waals surface area contributed by atoms with Crippen molar-refractivity contribution in [3.8, 4) is 11.5 Å². The van der Waals surface area contributed by atoms with E-state index in [0.29, 0.717) is 48.1 Å². The number of esters is 1. The predicted octanol–water partition coefficient (Wildman–Crippen LogP) is 3.00. The van der Waals surface area contributed by atoms with Gasteiger partial charge >= 0.3 is 5.97 Å². The third-order valence-electron chi connectivity index (χ3n) is 5.56. The van der Waals surface area contributed by atoms with Gasteiger partial charge in [-0.05, 0) is 31.5 Å². The van der Waals surface area contributed by atoms with Crippen LogP contribution in [0.2, 0.25) is 0 Å². The molecule has 2 heterocycles. The molecule has 0 spiro atoms. The number of aryl methyl sites for hydroxylation is 1. The standard InChI is InChI=1S/C25H27N3O5/c1-17-24(18(2)28(26-17)13-19-9-5-4-6-10-19)25(30)32-16-23(29)27(3)14-20-15-31-21-11-7-8-12-22(21)33-20/h4-12,20H,13-16H2,1-3H3. The number of aromatic nitrogens is 2. The summed E-state index contributed by atoms with van der Waals surface area (Å²) < 4.78 is 18.7. The molecular formula is C25H27N3O5. The van der Waals surface area contributed by atoms with E-state index in [1.807, 2.05) is 61.5 Å². The van der Waals surface area contributed by atoms with Crippen molar-refractivity contribution in [2.45, 2.75) is 26.5 Å². The Morgan fingerprint density at radius 2 is 1.79 bits per heavy atom. The van der Waals surface area contributed by atoms with Crippen LogP contribution in [-0.2, 0) is 16.1 Å². The van der Waals surface area contributed by atoms with Crippen molar-refractivity contribution in [1.82, 2.24) is 14.7 Å². The molecule has 1 aliphatic rings. The van der Waals surface area contributed by atoms with E-state index >= 15 is 0 Å². The van der Waals surface area contributed by atoms with Gasteiger partial charge in [0.05, 0.1) is 24.5 Å². The number of para-hydroxylation sites is 2. The van der Waals surface area contributed by atoms with Crippen molar-refractivity contribution < 1.29 is 23.8 Å². The minimum Gasteiger partial charge on any atom is -0.486 e. The number of benzene rings is 2. The highest BCUT2D eigenvalue weighted by atomic mass is 16.6. The fourth-order valence-corrected chi connectivity index (χ4v) is 3.77. The molecule has 1 unspecified atom stereocenters. The summed E-state index contributed by atoms with van der Waals surface area (Å²) in [5.74, 6) is 0.463. The molecule has 33 heavy (non-hydrogen) atoms. The molecule has 0 radical (unpaired) electrons. The van der Waals surface area contributed by atoms with Crippen LogP contribution in [0.1, 0.15) is 27.3 Å². The normalized spacial score (nSPS) is 14.6. The van der Waals surface area contributed by atoms with Crippen LogP contribution in [0.3, 0.4) is 0 Å². The second-order valence-corrected chi connectivity index (χ2v) is 8.04. The minimum absolute atomic E-state index is 0.301. The molecule has 1 amide bonds. The van der Waals surface area contributed by atoms with E-state index in [4.69, 9.17) is 14.2 Å². The summed E-state index contributed by atoms with van der Waals surface area (Å²) in [5, 5.41) is 4.47. The topological polar surface area (TPSA) is 82.9 Å². The Kier molecular flexibility index (Phi) is 6.63. The lowest BCUT2D eigenvalue weighted by molar-refractivity contribution is -0.134. The van der Waals surface area contributed by atoms with Crippen molar-refractivity contribution in [1.29, 1.82) is 0 Å². The second kappa shape index (κ2) is 9.77. The number of carbonyl (C=O) groups excluding carboxylic acids is 2. The first kappa shape index (κ1) is 22.4. The van der Waals surface area contributed by atoms with E-state index in [-0.39, 0.29) is 18.6 Å². The van der Waals surface area contributed by atoms with Gasteiger partial charge in [-0.1, -0.05) is 42.5 Å². The number of rotatable bonds is 7. The molecule has 4 rings (SSSR count). The molecule has 0 bridgehead atoms. The third-order valence-corrected chi connectivity index (χ3v) is 5.56. The summed E-state index contributed by atoms with van der Waals surface area (Å²) >= 11 is 0. The third kappa shape index (κ3) is 5.16. The van der Waals surface area contributed by atoms with E-state index in [0.717, 1.165) is 5.56 Å². The summed E-state index contributed by atoms with van der Waals surface area (Å²) in [6.07, 6.45) is -0.301. The largest absolute Gasteiger partial charge is 0.486 e. The van der Waals surface area contributed by atoms with E-state index in [1.165, 1.54) is 4.90 Å². The molecular weight excluding hydrogens is 422 g/mol. The lowest BCUT2D eigenvalue weighted by Gasteiger charge is -2.29. The zero-order valence-electron chi connectivity index (χ0n) is 19.0. The summed E-state index contributed by atoms with van der Waals surface area (Å²) in [5.41, 5.74) is 2.74. The summed E-state index contributed by atoms with van der Waals surface area (Å²) in [6.45, 7) is 4.44. The van der Waals surface area contributed by atoms with Gasteiger partial charge in [-0.15, -0.1) is 0 Å². The maximum atomic E-state index is 12.7. The number of carbonyl (C=O) groups is 2. The van der Waals surface area contributed by atoms with E-state index < -0.39 is 5.97 Å². The van der Waals surface area contributed by atoms with E-state index in [2.05, 4.69) is 5.10 Å². The Balaban J connectivity index is 1.31. The molecule has 8 nitrogen and oxygen atoms in total. The van der Waals surface area contributed by atoms with Gasteiger partial charge < -0.3 is 19.1 Å². The molecule has 0 fully saturated rings. The quantitative estimate of drug-likeness (QED) is 0.516. The lowest BCUT2D eigenvalue weighted by Crippen LogP contribution is -2.43. The number of hydrogen-bond acceptors (Lipinski definition) is 6. The molecule has 1 aliphatic heterocycles. The SMILES string of the molecule is Cc1nn(Cc2ccccc2)c(C)c1C(=O)OCC(=O)N(C)CC1COc2ccccc2O1. The molecule has 1 aromatic heterocycles. The van der Waals surface area contributed by atoms with Crippen molar-refractivity contribution in [2.24, 2.45) is 0 Å². The molecule has 2 aromatic carbocycles. The van der Waals surface area contributed by atoms with Crippen molar-refractivity contribution >= 4 is 11.9 Å². The number of fused-ring (bicyclic) bond motifs is 1. The fourth-order valence-electron chi connectivity index (χ4n) is 3.77. The first-order valence-electron chi connectivity index (χ1n) is 10.8. The van der Waals surface area contributed by atoms with Crippen LogP contribution < -0.4 is 9.47 Å². The zero-order valence-corrected chi connectivity index (χ0v) is 19.0. The van der Waals surface area contributed by atoms with Crippen molar-refractivity contribution in [2.75, 3.05) is 26.8 Å². The zero-order chi connectivity index (χ0) is 23.4. The van der Waals surface area contributed by atoms with Gasteiger partial charge in [-0.3, -0.25) is 9.48 Å². The first-order valence-corrected chi connectivity index (χ1v) is 10.8. The molecule has 0 saturated heterocycles. The molecule has 3 aromatic rings. The van der Waals surface area contributed by atoms with E-state index in [1.54, 1.807) is 18.7 Å². The van der Waals surface area contributed by atoms with Crippen LogP contribution in [-0.4, -0.2) is 59.5 Å². The number of likely N-dealkylation sites (N-methyl/N-ethyl adjacent to an activating group) is 1. The average Bonchev–Trinajstić information content (AvgIpc) is 3.10. The maximum Gasteiger partial charge on any atom is 0.342 e. The minimum atomic E-state index is -0.558. The average molecular weight is 450 g/mol. The highest BCUT2D eigenvalue weighted by Crippen LogP contribution is 2.31. The Morgan fingerprint density at radius 1 is 1.09 bits per heavy atom.